The third-order valence-electron chi connectivity index (χ3n) is 4.95. The molecule has 0 aliphatic carbocycles. The highest BCUT2D eigenvalue weighted by molar-refractivity contribution is 5.61. The second-order valence-corrected chi connectivity index (χ2v) is 6.92. The molecule has 0 fully saturated rings. The topological polar surface area (TPSA) is 55.7 Å². The Hall–Kier alpha value is -3.18. The van der Waals surface area contributed by atoms with Crippen LogP contribution in [0.4, 0.5) is 0 Å². The van der Waals surface area contributed by atoms with Crippen LogP contribution in [0.1, 0.15) is 28.2 Å². The van der Waals surface area contributed by atoms with Crippen molar-refractivity contribution in [1.82, 2.24) is 19.7 Å². The van der Waals surface area contributed by atoms with E-state index in [1.165, 1.54) is 5.56 Å². The molecule has 0 saturated carbocycles. The molecular weight excluding hydrogens is 348 g/mol. The van der Waals surface area contributed by atoms with E-state index in [0.717, 1.165) is 40.4 Å². The van der Waals surface area contributed by atoms with Gasteiger partial charge in [-0.25, -0.2) is 4.98 Å². The molecule has 0 atom stereocenters. The minimum atomic E-state index is 0.495. The van der Waals surface area contributed by atoms with E-state index in [1.807, 2.05) is 49.6 Å². The monoisotopic (exact) mass is 372 g/mol. The summed E-state index contributed by atoms with van der Waals surface area (Å²) in [4.78, 5) is 4.70. The third-order valence-corrected chi connectivity index (χ3v) is 4.95. The quantitative estimate of drug-likeness (QED) is 0.513. The standard InChI is InChI=1S/C23H24N4O/c1-17-21(18(2)26-25-17)13-27-16-24-23(20-11-7-4-8-12-20)22(27)15-28-14-19-9-5-3-6-10-19/h3-12,16H,13-15H2,1-2H3,(H,25,26). The molecule has 0 radical (unpaired) electrons. The van der Waals surface area contributed by atoms with Crippen molar-refractivity contribution in [3.8, 4) is 11.3 Å². The fraction of sp³-hybridized carbons (Fsp3) is 0.217. The largest absolute Gasteiger partial charge is 0.370 e. The Morgan fingerprint density at radius 2 is 1.64 bits per heavy atom. The number of aromatic amines is 1. The maximum absolute atomic E-state index is 6.06. The second-order valence-electron chi connectivity index (χ2n) is 6.92. The predicted molar refractivity (Wildman–Crippen MR) is 110 cm³/mol. The molecule has 0 aliphatic rings. The minimum Gasteiger partial charge on any atom is -0.370 e. The Morgan fingerprint density at radius 1 is 0.929 bits per heavy atom. The first kappa shape index (κ1) is 18.2. The van der Waals surface area contributed by atoms with Crippen LogP contribution in [0.5, 0.6) is 0 Å². The number of aryl methyl sites for hydroxylation is 2. The van der Waals surface area contributed by atoms with Crippen molar-refractivity contribution >= 4 is 0 Å². The van der Waals surface area contributed by atoms with E-state index >= 15 is 0 Å². The van der Waals surface area contributed by atoms with Crippen LogP contribution in [-0.2, 0) is 24.5 Å². The lowest BCUT2D eigenvalue weighted by Gasteiger charge is -2.12. The molecule has 0 unspecified atom stereocenters. The van der Waals surface area contributed by atoms with Crippen LogP contribution >= 0.6 is 0 Å². The molecule has 0 saturated heterocycles. The zero-order chi connectivity index (χ0) is 19.3. The summed E-state index contributed by atoms with van der Waals surface area (Å²) in [7, 11) is 0. The molecule has 2 aromatic carbocycles. The Balaban J connectivity index is 1.61. The Kier molecular flexibility index (Phi) is 5.35. The van der Waals surface area contributed by atoms with Crippen molar-refractivity contribution in [3.63, 3.8) is 0 Å². The van der Waals surface area contributed by atoms with Gasteiger partial charge in [-0.1, -0.05) is 60.7 Å². The molecule has 4 rings (SSSR count). The molecule has 0 aliphatic heterocycles. The normalized spacial score (nSPS) is 11.1. The first-order valence-electron chi connectivity index (χ1n) is 9.44. The SMILES string of the molecule is Cc1n[nH]c(C)c1Cn1cnc(-c2ccccc2)c1COCc1ccccc1. The highest BCUT2D eigenvalue weighted by atomic mass is 16.5. The van der Waals surface area contributed by atoms with Gasteiger partial charge in [-0.15, -0.1) is 0 Å². The molecular formula is C23H24N4O. The average molecular weight is 372 g/mol. The van der Waals surface area contributed by atoms with Crippen LogP contribution in [0.2, 0.25) is 0 Å². The smallest absolute Gasteiger partial charge is 0.0959 e. The van der Waals surface area contributed by atoms with Crippen LogP contribution < -0.4 is 0 Å². The number of rotatable bonds is 7. The third kappa shape index (κ3) is 3.89. The molecule has 4 aromatic rings. The fourth-order valence-electron chi connectivity index (χ4n) is 3.35. The van der Waals surface area contributed by atoms with Crippen molar-refractivity contribution in [1.29, 1.82) is 0 Å². The molecule has 2 heterocycles. The van der Waals surface area contributed by atoms with Crippen molar-refractivity contribution in [2.45, 2.75) is 33.6 Å². The van der Waals surface area contributed by atoms with Crippen molar-refractivity contribution in [3.05, 3.63) is 95.2 Å². The van der Waals surface area contributed by atoms with Gasteiger partial charge in [-0.3, -0.25) is 5.10 Å². The van der Waals surface area contributed by atoms with Gasteiger partial charge in [0.25, 0.3) is 0 Å². The average Bonchev–Trinajstić information content (AvgIpc) is 3.28. The van der Waals surface area contributed by atoms with Crippen LogP contribution in [0.3, 0.4) is 0 Å². The fourth-order valence-corrected chi connectivity index (χ4v) is 3.35. The van der Waals surface area contributed by atoms with E-state index in [0.29, 0.717) is 13.2 Å². The van der Waals surface area contributed by atoms with Gasteiger partial charge in [-0.05, 0) is 19.4 Å². The van der Waals surface area contributed by atoms with Crippen LogP contribution in [-0.4, -0.2) is 19.7 Å². The summed E-state index contributed by atoms with van der Waals surface area (Å²) in [6.07, 6.45) is 1.90. The number of hydrogen-bond donors (Lipinski definition) is 1. The van der Waals surface area contributed by atoms with E-state index in [2.05, 4.69) is 46.0 Å². The maximum atomic E-state index is 6.06. The molecule has 0 amide bonds. The highest BCUT2D eigenvalue weighted by Gasteiger charge is 2.16. The first-order chi connectivity index (χ1) is 13.7. The summed E-state index contributed by atoms with van der Waals surface area (Å²) in [5, 5.41) is 7.38. The predicted octanol–water partition coefficient (Wildman–Crippen LogP) is 4.66. The maximum Gasteiger partial charge on any atom is 0.0959 e. The molecule has 5 heteroatoms. The minimum absolute atomic E-state index is 0.495. The molecule has 2 aromatic heterocycles. The van der Waals surface area contributed by atoms with Gasteiger partial charge in [0, 0.05) is 16.8 Å². The van der Waals surface area contributed by atoms with Gasteiger partial charge in [-0.2, -0.15) is 5.10 Å². The number of aromatic nitrogens is 4. The lowest BCUT2D eigenvalue weighted by molar-refractivity contribution is 0.103. The van der Waals surface area contributed by atoms with Crippen molar-refractivity contribution < 1.29 is 4.74 Å². The number of hydrogen-bond acceptors (Lipinski definition) is 3. The number of nitrogens with zero attached hydrogens (tertiary/aromatic N) is 3. The number of imidazole rings is 1. The molecule has 0 bridgehead atoms. The molecule has 28 heavy (non-hydrogen) atoms. The molecule has 5 nitrogen and oxygen atoms in total. The Labute approximate surface area is 165 Å². The van der Waals surface area contributed by atoms with Crippen molar-refractivity contribution in [2.75, 3.05) is 0 Å². The molecule has 142 valence electrons. The highest BCUT2D eigenvalue weighted by Crippen LogP contribution is 2.24. The molecule has 0 spiro atoms. The van der Waals surface area contributed by atoms with Gasteiger partial charge < -0.3 is 9.30 Å². The summed E-state index contributed by atoms with van der Waals surface area (Å²) in [6, 6.07) is 20.5. The number of benzene rings is 2. The number of ether oxygens (including phenoxy) is 1. The van der Waals surface area contributed by atoms with Gasteiger partial charge in [0.2, 0.25) is 0 Å². The summed E-state index contributed by atoms with van der Waals surface area (Å²) < 4.78 is 8.23. The zero-order valence-electron chi connectivity index (χ0n) is 16.2. The van der Waals surface area contributed by atoms with Gasteiger partial charge in [0.15, 0.2) is 0 Å². The Bertz CT molecular complexity index is 1020. The van der Waals surface area contributed by atoms with Crippen LogP contribution in [0.15, 0.2) is 67.0 Å². The van der Waals surface area contributed by atoms with E-state index in [9.17, 15) is 0 Å². The number of H-pyrrole nitrogens is 1. The second kappa shape index (κ2) is 8.23. The lowest BCUT2D eigenvalue weighted by Crippen LogP contribution is -2.07. The van der Waals surface area contributed by atoms with E-state index < -0.39 is 0 Å². The van der Waals surface area contributed by atoms with Crippen LogP contribution in [0, 0.1) is 13.8 Å². The number of nitrogens with one attached hydrogen (secondary N) is 1. The summed E-state index contributed by atoms with van der Waals surface area (Å²) >= 11 is 0. The van der Waals surface area contributed by atoms with Gasteiger partial charge >= 0.3 is 0 Å². The summed E-state index contributed by atoms with van der Waals surface area (Å²) in [5.41, 5.74) is 7.60. The lowest BCUT2D eigenvalue weighted by atomic mass is 10.1. The zero-order valence-corrected chi connectivity index (χ0v) is 16.2. The van der Waals surface area contributed by atoms with E-state index in [-0.39, 0.29) is 0 Å². The molecule has 1 N–H and O–H groups in total. The van der Waals surface area contributed by atoms with E-state index in [1.54, 1.807) is 0 Å². The van der Waals surface area contributed by atoms with Crippen molar-refractivity contribution in [2.24, 2.45) is 0 Å². The summed E-state index contributed by atoms with van der Waals surface area (Å²) in [5.74, 6) is 0. The van der Waals surface area contributed by atoms with Gasteiger partial charge in [0.05, 0.1) is 43.2 Å². The summed E-state index contributed by atoms with van der Waals surface area (Å²) in [6.45, 7) is 5.87. The van der Waals surface area contributed by atoms with Gasteiger partial charge in [0.1, 0.15) is 0 Å². The first-order valence-corrected chi connectivity index (χ1v) is 9.44. The van der Waals surface area contributed by atoms with E-state index in [4.69, 9.17) is 9.72 Å². The Morgan fingerprint density at radius 3 is 2.32 bits per heavy atom. The van der Waals surface area contributed by atoms with Crippen LogP contribution in [0.25, 0.3) is 11.3 Å².